The second-order valence-corrected chi connectivity index (χ2v) is 7.95. The summed E-state index contributed by atoms with van der Waals surface area (Å²) >= 11 is 0. The molecule has 0 aromatic carbocycles. The van der Waals surface area contributed by atoms with Gasteiger partial charge in [0.2, 0.25) is 5.91 Å². The minimum atomic E-state index is 0.0112. The molecule has 2 aliphatic rings. The van der Waals surface area contributed by atoms with Crippen molar-refractivity contribution in [1.82, 2.24) is 29.4 Å². The lowest BCUT2D eigenvalue weighted by Crippen LogP contribution is -2.40. The summed E-state index contributed by atoms with van der Waals surface area (Å²) < 4.78 is 9.03. The normalized spacial score (nSPS) is 16.6. The fourth-order valence-corrected chi connectivity index (χ4v) is 4.30. The predicted octanol–water partition coefficient (Wildman–Crippen LogP) is 0.935. The van der Waals surface area contributed by atoms with Gasteiger partial charge in [-0.15, -0.1) is 0 Å². The van der Waals surface area contributed by atoms with Gasteiger partial charge >= 0.3 is 0 Å². The number of carbonyl (C=O) groups is 2. The first-order chi connectivity index (χ1) is 14.5. The average molecular weight is 415 g/mol. The summed E-state index contributed by atoms with van der Waals surface area (Å²) in [7, 11) is 1.94. The van der Waals surface area contributed by atoms with Crippen molar-refractivity contribution in [3.8, 4) is 0 Å². The predicted molar refractivity (Wildman–Crippen MR) is 110 cm³/mol. The van der Waals surface area contributed by atoms with Crippen LogP contribution in [0.1, 0.15) is 46.3 Å². The molecule has 0 saturated carbocycles. The third kappa shape index (κ3) is 3.98. The van der Waals surface area contributed by atoms with Gasteiger partial charge < -0.3 is 14.5 Å². The van der Waals surface area contributed by atoms with Crippen LogP contribution in [0.4, 0.5) is 0 Å². The van der Waals surface area contributed by atoms with Gasteiger partial charge in [-0.2, -0.15) is 10.2 Å². The molecule has 0 unspecified atom stereocenters. The molecule has 2 amide bonds. The lowest BCUT2D eigenvalue weighted by molar-refractivity contribution is -0.135. The zero-order valence-corrected chi connectivity index (χ0v) is 18.1. The third-order valence-electron chi connectivity index (χ3n) is 6.05. The number of hydrogen-bond donors (Lipinski definition) is 0. The van der Waals surface area contributed by atoms with Gasteiger partial charge in [-0.3, -0.25) is 19.0 Å². The second kappa shape index (κ2) is 8.59. The monoisotopic (exact) mass is 414 g/mol. The summed E-state index contributed by atoms with van der Waals surface area (Å²) in [5, 5.41) is 9.08. The van der Waals surface area contributed by atoms with Crippen LogP contribution in [0, 0.1) is 6.92 Å². The summed E-state index contributed by atoms with van der Waals surface area (Å²) in [5.41, 5.74) is 4.59. The first-order valence-corrected chi connectivity index (χ1v) is 10.7. The molecule has 2 aromatic heterocycles. The fraction of sp³-hybridized carbons (Fsp3) is 0.619. The van der Waals surface area contributed by atoms with E-state index < -0.39 is 0 Å². The van der Waals surface area contributed by atoms with E-state index in [1.807, 2.05) is 41.6 Å². The largest absolute Gasteiger partial charge is 0.378 e. The maximum Gasteiger partial charge on any atom is 0.257 e. The number of aromatic nitrogens is 4. The molecule has 30 heavy (non-hydrogen) atoms. The first kappa shape index (κ1) is 20.6. The second-order valence-electron chi connectivity index (χ2n) is 7.95. The van der Waals surface area contributed by atoms with Crippen LogP contribution in [-0.4, -0.2) is 74.0 Å². The minimum Gasteiger partial charge on any atom is -0.378 e. The SMILES string of the molecule is CCn1cc(C(=O)N2CCc3c(c(CCC(=O)N4CCOCC4)nn3C)C2)c(C)n1. The molecule has 9 heteroatoms. The highest BCUT2D eigenvalue weighted by molar-refractivity contribution is 5.95. The van der Waals surface area contributed by atoms with Gasteiger partial charge in [-0.25, -0.2) is 0 Å². The van der Waals surface area contributed by atoms with E-state index in [4.69, 9.17) is 4.74 Å². The molecular weight excluding hydrogens is 384 g/mol. The quantitative estimate of drug-likeness (QED) is 0.727. The Bertz CT molecular complexity index is 941. The number of amides is 2. The number of aryl methyl sites for hydroxylation is 4. The number of hydrogen-bond acceptors (Lipinski definition) is 5. The van der Waals surface area contributed by atoms with Crippen molar-refractivity contribution in [2.45, 2.75) is 46.2 Å². The Morgan fingerprint density at radius 1 is 1.13 bits per heavy atom. The van der Waals surface area contributed by atoms with Crippen molar-refractivity contribution in [2.75, 3.05) is 32.8 Å². The zero-order chi connectivity index (χ0) is 21.3. The van der Waals surface area contributed by atoms with Crippen molar-refractivity contribution >= 4 is 11.8 Å². The Hall–Kier alpha value is -2.68. The van der Waals surface area contributed by atoms with Crippen LogP contribution in [0.15, 0.2) is 6.20 Å². The lowest BCUT2D eigenvalue weighted by atomic mass is 10.0. The standard InChI is InChI=1S/C21H30N6O3/c1-4-27-14-16(15(2)22-27)21(29)26-8-7-19-17(13-26)18(23-24(19)3)5-6-20(28)25-9-11-30-12-10-25/h14H,4-13H2,1-3H3. The van der Waals surface area contributed by atoms with Crippen LogP contribution in [-0.2, 0) is 42.5 Å². The van der Waals surface area contributed by atoms with E-state index in [2.05, 4.69) is 10.2 Å². The van der Waals surface area contributed by atoms with Gasteiger partial charge in [0, 0.05) is 76.5 Å². The molecule has 0 spiro atoms. The van der Waals surface area contributed by atoms with E-state index in [-0.39, 0.29) is 11.8 Å². The van der Waals surface area contributed by atoms with E-state index in [9.17, 15) is 9.59 Å². The molecule has 9 nitrogen and oxygen atoms in total. The van der Waals surface area contributed by atoms with E-state index in [0.29, 0.717) is 57.8 Å². The number of ether oxygens (including phenoxy) is 1. The Morgan fingerprint density at radius 3 is 2.60 bits per heavy atom. The number of carbonyl (C=O) groups excluding carboxylic acids is 2. The van der Waals surface area contributed by atoms with Crippen molar-refractivity contribution < 1.29 is 14.3 Å². The molecule has 0 aliphatic carbocycles. The highest BCUT2D eigenvalue weighted by Gasteiger charge is 2.29. The van der Waals surface area contributed by atoms with Crippen LogP contribution < -0.4 is 0 Å². The van der Waals surface area contributed by atoms with E-state index in [1.165, 1.54) is 0 Å². The smallest absolute Gasteiger partial charge is 0.257 e. The molecule has 4 rings (SSSR count). The third-order valence-corrected chi connectivity index (χ3v) is 6.05. The Kier molecular flexibility index (Phi) is 5.90. The van der Waals surface area contributed by atoms with Crippen LogP contribution in [0.5, 0.6) is 0 Å². The van der Waals surface area contributed by atoms with Gasteiger partial charge in [0.1, 0.15) is 0 Å². The van der Waals surface area contributed by atoms with Gasteiger partial charge in [-0.05, 0) is 13.8 Å². The maximum absolute atomic E-state index is 13.1. The summed E-state index contributed by atoms with van der Waals surface area (Å²) in [4.78, 5) is 29.4. The number of morpholine rings is 1. The van der Waals surface area contributed by atoms with Crippen LogP contribution in [0.25, 0.3) is 0 Å². The molecular formula is C21H30N6O3. The molecule has 0 N–H and O–H groups in total. The topological polar surface area (TPSA) is 85.5 Å². The van der Waals surface area contributed by atoms with Crippen molar-refractivity contribution in [3.63, 3.8) is 0 Å². The highest BCUT2D eigenvalue weighted by atomic mass is 16.5. The molecule has 0 atom stereocenters. The van der Waals surface area contributed by atoms with Crippen molar-refractivity contribution in [2.24, 2.45) is 7.05 Å². The van der Waals surface area contributed by atoms with Crippen molar-refractivity contribution in [1.29, 1.82) is 0 Å². The maximum atomic E-state index is 13.1. The molecule has 4 heterocycles. The molecule has 0 bridgehead atoms. The molecule has 2 aromatic rings. The average Bonchev–Trinajstić information content (AvgIpc) is 3.31. The van der Waals surface area contributed by atoms with Gasteiger partial charge in [0.05, 0.1) is 30.2 Å². The van der Waals surface area contributed by atoms with Crippen LogP contribution in [0.3, 0.4) is 0 Å². The van der Waals surface area contributed by atoms with Crippen LogP contribution >= 0.6 is 0 Å². The van der Waals surface area contributed by atoms with E-state index >= 15 is 0 Å². The van der Waals surface area contributed by atoms with Crippen LogP contribution in [0.2, 0.25) is 0 Å². The fourth-order valence-electron chi connectivity index (χ4n) is 4.30. The van der Waals surface area contributed by atoms with E-state index in [1.54, 1.807) is 4.68 Å². The zero-order valence-electron chi connectivity index (χ0n) is 18.1. The summed E-state index contributed by atoms with van der Waals surface area (Å²) in [6, 6.07) is 0. The number of nitrogens with zero attached hydrogens (tertiary/aromatic N) is 6. The Morgan fingerprint density at radius 2 is 1.90 bits per heavy atom. The first-order valence-electron chi connectivity index (χ1n) is 10.7. The van der Waals surface area contributed by atoms with E-state index in [0.717, 1.165) is 35.6 Å². The van der Waals surface area contributed by atoms with Crippen molar-refractivity contribution in [3.05, 3.63) is 34.4 Å². The number of rotatable bonds is 5. The minimum absolute atomic E-state index is 0.0112. The summed E-state index contributed by atoms with van der Waals surface area (Å²) in [5.74, 6) is 0.154. The summed E-state index contributed by atoms with van der Waals surface area (Å²) in [6.45, 7) is 8.34. The highest BCUT2D eigenvalue weighted by Crippen LogP contribution is 2.25. The molecule has 0 radical (unpaired) electrons. The Labute approximate surface area is 176 Å². The Balaban J connectivity index is 1.46. The molecule has 1 saturated heterocycles. The van der Waals surface area contributed by atoms with Gasteiger partial charge in [-0.1, -0.05) is 0 Å². The molecule has 1 fully saturated rings. The number of fused-ring (bicyclic) bond motifs is 1. The lowest BCUT2D eigenvalue weighted by Gasteiger charge is -2.28. The molecule has 2 aliphatic heterocycles. The van der Waals surface area contributed by atoms with Gasteiger partial charge in [0.15, 0.2) is 0 Å². The summed E-state index contributed by atoms with van der Waals surface area (Å²) in [6.07, 6.45) is 3.62. The van der Waals surface area contributed by atoms with Gasteiger partial charge in [0.25, 0.3) is 5.91 Å². The molecule has 162 valence electrons.